The standard InChI is InChI=1S/C16H13ClFN3/c17-13-6-7-15(14(18)8-13)19-9-12-10-20-21-16(12)11-4-2-1-3-5-11/h1-8,10,19H,9H2,(H,20,21). The molecule has 0 atom stereocenters. The van der Waals surface area contributed by atoms with E-state index in [1.165, 1.54) is 6.07 Å². The summed E-state index contributed by atoms with van der Waals surface area (Å²) in [6.45, 7) is 0.472. The number of hydrogen-bond acceptors (Lipinski definition) is 2. The van der Waals surface area contributed by atoms with Crippen LogP contribution in [0.4, 0.5) is 10.1 Å². The van der Waals surface area contributed by atoms with E-state index in [0.29, 0.717) is 17.3 Å². The molecule has 1 aromatic heterocycles. The van der Waals surface area contributed by atoms with Crippen LogP contribution < -0.4 is 5.32 Å². The van der Waals surface area contributed by atoms with Crippen LogP contribution >= 0.6 is 11.6 Å². The van der Waals surface area contributed by atoms with Crippen molar-refractivity contribution in [3.8, 4) is 11.3 Å². The van der Waals surface area contributed by atoms with Crippen molar-refractivity contribution in [3.05, 3.63) is 71.1 Å². The first-order chi connectivity index (χ1) is 10.2. The summed E-state index contributed by atoms with van der Waals surface area (Å²) in [4.78, 5) is 0. The summed E-state index contributed by atoms with van der Waals surface area (Å²) >= 11 is 5.74. The van der Waals surface area contributed by atoms with E-state index in [4.69, 9.17) is 11.6 Å². The Balaban J connectivity index is 1.79. The average Bonchev–Trinajstić information content (AvgIpc) is 2.96. The Morgan fingerprint density at radius 2 is 1.95 bits per heavy atom. The smallest absolute Gasteiger partial charge is 0.147 e. The Morgan fingerprint density at radius 1 is 1.14 bits per heavy atom. The number of H-pyrrole nitrogens is 1. The maximum Gasteiger partial charge on any atom is 0.147 e. The first-order valence-corrected chi connectivity index (χ1v) is 6.88. The molecule has 1 heterocycles. The summed E-state index contributed by atoms with van der Waals surface area (Å²) < 4.78 is 13.7. The zero-order chi connectivity index (χ0) is 14.7. The minimum atomic E-state index is -0.368. The fourth-order valence-corrected chi connectivity index (χ4v) is 2.28. The van der Waals surface area contributed by atoms with Gasteiger partial charge in [-0.1, -0.05) is 41.9 Å². The van der Waals surface area contributed by atoms with Gasteiger partial charge in [0.2, 0.25) is 0 Å². The molecule has 3 rings (SSSR count). The minimum absolute atomic E-state index is 0.368. The lowest BCUT2D eigenvalue weighted by molar-refractivity contribution is 0.630. The molecule has 0 amide bonds. The Bertz CT molecular complexity index is 740. The van der Waals surface area contributed by atoms with Crippen LogP contribution in [0.25, 0.3) is 11.3 Å². The zero-order valence-electron chi connectivity index (χ0n) is 11.1. The lowest BCUT2D eigenvalue weighted by atomic mass is 10.1. The first kappa shape index (κ1) is 13.6. The third kappa shape index (κ3) is 3.06. The number of anilines is 1. The van der Waals surface area contributed by atoms with Crippen LogP contribution in [0.2, 0.25) is 5.02 Å². The second-order valence-corrected chi connectivity index (χ2v) is 5.05. The minimum Gasteiger partial charge on any atom is -0.378 e. The van der Waals surface area contributed by atoms with E-state index in [0.717, 1.165) is 16.8 Å². The number of halogens is 2. The summed E-state index contributed by atoms with van der Waals surface area (Å²) in [6.07, 6.45) is 1.74. The van der Waals surface area contributed by atoms with Gasteiger partial charge in [-0.05, 0) is 23.8 Å². The van der Waals surface area contributed by atoms with E-state index in [9.17, 15) is 4.39 Å². The number of nitrogens with zero attached hydrogens (tertiary/aromatic N) is 1. The molecule has 5 heteroatoms. The van der Waals surface area contributed by atoms with Crippen LogP contribution in [0.3, 0.4) is 0 Å². The molecular weight excluding hydrogens is 289 g/mol. The van der Waals surface area contributed by atoms with Crippen molar-refractivity contribution >= 4 is 17.3 Å². The molecule has 0 bridgehead atoms. The summed E-state index contributed by atoms with van der Waals surface area (Å²) in [5, 5.41) is 10.5. The number of nitrogens with one attached hydrogen (secondary N) is 2. The van der Waals surface area contributed by atoms with Gasteiger partial charge < -0.3 is 5.32 Å². The van der Waals surface area contributed by atoms with Gasteiger partial charge in [0.25, 0.3) is 0 Å². The second kappa shape index (κ2) is 5.97. The highest BCUT2D eigenvalue weighted by molar-refractivity contribution is 6.30. The maximum atomic E-state index is 13.7. The number of aromatic nitrogens is 2. The Hall–Kier alpha value is -2.33. The van der Waals surface area contributed by atoms with Crippen LogP contribution in [0.15, 0.2) is 54.7 Å². The molecular formula is C16H13ClFN3. The zero-order valence-corrected chi connectivity index (χ0v) is 11.9. The largest absolute Gasteiger partial charge is 0.378 e. The quantitative estimate of drug-likeness (QED) is 0.746. The van der Waals surface area contributed by atoms with Crippen molar-refractivity contribution in [1.29, 1.82) is 0 Å². The van der Waals surface area contributed by atoms with Gasteiger partial charge in [-0.3, -0.25) is 5.10 Å². The molecule has 3 aromatic rings. The SMILES string of the molecule is Fc1cc(Cl)ccc1NCc1cn[nH]c1-c1ccccc1. The average molecular weight is 302 g/mol. The molecule has 0 saturated carbocycles. The maximum absolute atomic E-state index is 13.7. The van der Waals surface area contributed by atoms with Gasteiger partial charge >= 0.3 is 0 Å². The van der Waals surface area contributed by atoms with Crippen molar-refractivity contribution in [2.45, 2.75) is 6.54 Å². The van der Waals surface area contributed by atoms with Gasteiger partial charge in [-0.25, -0.2) is 4.39 Å². The van der Waals surface area contributed by atoms with Crippen molar-refractivity contribution in [2.24, 2.45) is 0 Å². The van der Waals surface area contributed by atoms with Crippen LogP contribution in [0, 0.1) is 5.82 Å². The van der Waals surface area contributed by atoms with Crippen molar-refractivity contribution in [2.75, 3.05) is 5.32 Å². The predicted molar refractivity (Wildman–Crippen MR) is 82.8 cm³/mol. The van der Waals surface area contributed by atoms with E-state index < -0.39 is 0 Å². The van der Waals surface area contributed by atoms with Gasteiger partial charge in [0, 0.05) is 17.1 Å². The molecule has 106 valence electrons. The van der Waals surface area contributed by atoms with Crippen molar-refractivity contribution in [3.63, 3.8) is 0 Å². The molecule has 2 aromatic carbocycles. The molecule has 3 nitrogen and oxygen atoms in total. The first-order valence-electron chi connectivity index (χ1n) is 6.50. The van der Waals surface area contributed by atoms with Crippen LogP contribution in [0.1, 0.15) is 5.56 Å². The Morgan fingerprint density at radius 3 is 2.71 bits per heavy atom. The third-order valence-corrected chi connectivity index (χ3v) is 3.42. The predicted octanol–water partition coefficient (Wildman–Crippen LogP) is 4.48. The monoisotopic (exact) mass is 301 g/mol. The summed E-state index contributed by atoms with van der Waals surface area (Å²) in [5.41, 5.74) is 3.36. The van der Waals surface area contributed by atoms with Gasteiger partial charge in [0.1, 0.15) is 5.82 Å². The number of rotatable bonds is 4. The highest BCUT2D eigenvalue weighted by atomic mass is 35.5. The fraction of sp³-hybridized carbons (Fsp3) is 0.0625. The van der Waals surface area contributed by atoms with E-state index in [1.807, 2.05) is 30.3 Å². The van der Waals surface area contributed by atoms with Crippen molar-refractivity contribution in [1.82, 2.24) is 10.2 Å². The lowest BCUT2D eigenvalue weighted by Gasteiger charge is -2.08. The highest BCUT2D eigenvalue weighted by Crippen LogP contribution is 2.23. The Labute approximate surface area is 126 Å². The topological polar surface area (TPSA) is 40.7 Å². The molecule has 0 aliphatic rings. The molecule has 0 spiro atoms. The molecule has 0 radical (unpaired) electrons. The van der Waals surface area contributed by atoms with E-state index in [1.54, 1.807) is 18.3 Å². The molecule has 2 N–H and O–H groups in total. The molecule has 0 aliphatic heterocycles. The molecule has 0 fully saturated rings. The molecule has 0 saturated heterocycles. The summed E-state index contributed by atoms with van der Waals surface area (Å²) in [6, 6.07) is 14.5. The van der Waals surface area contributed by atoms with E-state index in [2.05, 4.69) is 15.5 Å². The van der Waals surface area contributed by atoms with Gasteiger partial charge in [-0.2, -0.15) is 5.10 Å². The van der Waals surface area contributed by atoms with Crippen LogP contribution in [-0.2, 0) is 6.54 Å². The number of benzene rings is 2. The van der Waals surface area contributed by atoms with Gasteiger partial charge in [0.05, 0.1) is 17.6 Å². The van der Waals surface area contributed by atoms with E-state index >= 15 is 0 Å². The van der Waals surface area contributed by atoms with Crippen LogP contribution in [-0.4, -0.2) is 10.2 Å². The fourth-order valence-electron chi connectivity index (χ4n) is 2.12. The summed E-state index contributed by atoms with van der Waals surface area (Å²) in [5.74, 6) is -0.368. The number of aromatic amines is 1. The summed E-state index contributed by atoms with van der Waals surface area (Å²) in [7, 11) is 0. The van der Waals surface area contributed by atoms with Gasteiger partial charge in [0.15, 0.2) is 0 Å². The molecule has 0 aliphatic carbocycles. The van der Waals surface area contributed by atoms with Crippen molar-refractivity contribution < 1.29 is 4.39 Å². The van der Waals surface area contributed by atoms with Crippen LogP contribution in [0.5, 0.6) is 0 Å². The lowest BCUT2D eigenvalue weighted by Crippen LogP contribution is -2.01. The second-order valence-electron chi connectivity index (χ2n) is 4.61. The van der Waals surface area contributed by atoms with Gasteiger partial charge in [-0.15, -0.1) is 0 Å². The normalized spacial score (nSPS) is 10.6. The highest BCUT2D eigenvalue weighted by Gasteiger charge is 2.08. The number of hydrogen-bond donors (Lipinski definition) is 2. The molecule has 0 unspecified atom stereocenters. The Kier molecular flexibility index (Phi) is 3.88. The third-order valence-electron chi connectivity index (χ3n) is 3.18. The molecule has 21 heavy (non-hydrogen) atoms. The van der Waals surface area contributed by atoms with E-state index in [-0.39, 0.29) is 5.82 Å².